The normalized spacial score (nSPS) is 14.6. The van der Waals surface area contributed by atoms with Crippen molar-refractivity contribution < 1.29 is 23.1 Å². The Morgan fingerprint density at radius 1 is 1.18 bits per heavy atom. The van der Waals surface area contributed by atoms with Gasteiger partial charge in [-0.15, -0.1) is 0 Å². The first-order valence-electron chi connectivity index (χ1n) is 11.7. The second kappa shape index (κ2) is 13.2. The standard InChI is InChI=1S/C24H29Cl3N6O5S/c1-32(2)30-24(31-39(3,37)38)29-12-20(23(35)36)28-11-18-19(26)10-15-13-33(9-8-17(15)21(18)27)22(34)14-4-6-16(25)7-5-14/h4-7,10,20,28H,8-9,11-13H2,1-3H3,(H,35,36)(H2,29,30,31)/t20-/m0/s1. The molecule has 0 bridgehead atoms. The first-order chi connectivity index (χ1) is 18.2. The van der Waals surface area contributed by atoms with Crippen molar-refractivity contribution in [2.75, 3.05) is 33.4 Å². The largest absolute Gasteiger partial charge is 0.480 e. The molecule has 0 fully saturated rings. The minimum absolute atomic E-state index is 0.0286. The monoisotopic (exact) mass is 618 g/mol. The number of guanidine groups is 1. The van der Waals surface area contributed by atoms with Gasteiger partial charge >= 0.3 is 5.97 Å². The molecule has 212 valence electrons. The molecule has 0 aliphatic carbocycles. The quantitative estimate of drug-likeness (QED) is 0.190. The van der Waals surface area contributed by atoms with E-state index in [1.807, 2.05) is 0 Å². The topological polar surface area (TPSA) is 143 Å². The van der Waals surface area contributed by atoms with Crippen molar-refractivity contribution in [1.82, 2.24) is 25.4 Å². The summed E-state index contributed by atoms with van der Waals surface area (Å²) < 4.78 is 25.4. The molecule has 0 aromatic heterocycles. The molecule has 11 nitrogen and oxygen atoms in total. The Bertz CT molecular complexity index is 1370. The van der Waals surface area contributed by atoms with E-state index in [9.17, 15) is 23.1 Å². The van der Waals surface area contributed by atoms with Crippen LogP contribution in [0, 0.1) is 0 Å². The molecule has 0 saturated carbocycles. The predicted octanol–water partition coefficient (Wildman–Crippen LogP) is 2.36. The number of hydrogen-bond acceptors (Lipinski definition) is 7. The van der Waals surface area contributed by atoms with Crippen LogP contribution in [0.2, 0.25) is 15.1 Å². The number of sulfonamides is 1. The Kier molecular flexibility index (Phi) is 10.4. The summed E-state index contributed by atoms with van der Waals surface area (Å²) in [6.07, 6.45) is 1.46. The van der Waals surface area contributed by atoms with Gasteiger partial charge in [0.1, 0.15) is 6.04 Å². The number of carboxylic acid groups (broad SMARTS) is 1. The highest BCUT2D eigenvalue weighted by atomic mass is 35.5. The van der Waals surface area contributed by atoms with Gasteiger partial charge in [0.2, 0.25) is 16.0 Å². The molecular weight excluding hydrogens is 591 g/mol. The van der Waals surface area contributed by atoms with Gasteiger partial charge in [-0.3, -0.25) is 25.1 Å². The van der Waals surface area contributed by atoms with Gasteiger partial charge < -0.3 is 10.0 Å². The molecule has 0 unspecified atom stereocenters. The van der Waals surface area contributed by atoms with Crippen LogP contribution in [-0.2, 0) is 34.3 Å². The molecular formula is C24H29Cl3N6O5S. The maximum absolute atomic E-state index is 12.9. The van der Waals surface area contributed by atoms with Crippen molar-refractivity contribution in [2.45, 2.75) is 25.6 Å². The van der Waals surface area contributed by atoms with Gasteiger partial charge in [0.15, 0.2) is 0 Å². The maximum atomic E-state index is 12.9. The van der Waals surface area contributed by atoms with E-state index in [-0.39, 0.29) is 25.0 Å². The lowest BCUT2D eigenvalue weighted by Crippen LogP contribution is -2.47. The molecule has 1 amide bonds. The number of aliphatic imine (C=N–C) groups is 1. The first kappa shape index (κ1) is 30.9. The molecule has 1 atom stereocenters. The number of hydrogen-bond donors (Lipinski definition) is 4. The summed E-state index contributed by atoms with van der Waals surface area (Å²) in [5.41, 5.74) is 5.38. The minimum atomic E-state index is -3.64. The van der Waals surface area contributed by atoms with Crippen LogP contribution < -0.4 is 15.5 Å². The third kappa shape index (κ3) is 8.69. The van der Waals surface area contributed by atoms with Gasteiger partial charge in [-0.25, -0.2) is 18.4 Å². The smallest absolute Gasteiger partial charge is 0.322 e. The van der Waals surface area contributed by atoms with Crippen LogP contribution in [0.4, 0.5) is 0 Å². The molecule has 3 rings (SSSR count). The maximum Gasteiger partial charge on any atom is 0.322 e. The van der Waals surface area contributed by atoms with Crippen LogP contribution in [0.3, 0.4) is 0 Å². The number of carbonyl (C=O) groups excluding carboxylic acids is 1. The Balaban J connectivity index is 1.74. The van der Waals surface area contributed by atoms with Gasteiger partial charge in [0.05, 0.1) is 17.8 Å². The van der Waals surface area contributed by atoms with E-state index in [0.717, 1.165) is 17.4 Å². The van der Waals surface area contributed by atoms with Crippen molar-refractivity contribution in [3.05, 3.63) is 67.7 Å². The molecule has 2 aromatic rings. The molecule has 4 N–H and O–H groups in total. The average Bonchev–Trinajstić information content (AvgIpc) is 2.83. The highest BCUT2D eigenvalue weighted by Crippen LogP contribution is 2.35. The third-order valence-electron chi connectivity index (χ3n) is 5.74. The molecule has 39 heavy (non-hydrogen) atoms. The van der Waals surface area contributed by atoms with Crippen molar-refractivity contribution >= 4 is 62.7 Å². The van der Waals surface area contributed by atoms with E-state index in [1.54, 1.807) is 49.3 Å². The zero-order chi connectivity index (χ0) is 28.9. The van der Waals surface area contributed by atoms with Crippen LogP contribution in [0.25, 0.3) is 0 Å². The van der Waals surface area contributed by atoms with Gasteiger partial charge in [0.25, 0.3) is 5.91 Å². The van der Waals surface area contributed by atoms with Crippen LogP contribution >= 0.6 is 34.8 Å². The second-order valence-corrected chi connectivity index (χ2v) is 12.1. The second-order valence-electron chi connectivity index (χ2n) is 9.11. The molecule has 1 aliphatic heterocycles. The number of benzene rings is 2. The average molecular weight is 620 g/mol. The number of fused-ring (bicyclic) bond motifs is 1. The Labute approximate surface area is 242 Å². The number of halogens is 3. The lowest BCUT2D eigenvalue weighted by molar-refractivity contribution is -0.139. The Hall–Kier alpha value is -2.61. The molecule has 2 aromatic carbocycles. The third-order valence-corrected chi connectivity index (χ3v) is 7.35. The van der Waals surface area contributed by atoms with E-state index in [0.29, 0.717) is 45.7 Å². The lowest BCUT2D eigenvalue weighted by atomic mass is 9.96. The summed E-state index contributed by atoms with van der Waals surface area (Å²) >= 11 is 19.2. The van der Waals surface area contributed by atoms with E-state index in [1.165, 1.54) is 5.01 Å². The van der Waals surface area contributed by atoms with E-state index < -0.39 is 22.0 Å². The molecule has 15 heteroatoms. The van der Waals surface area contributed by atoms with Gasteiger partial charge in [-0.1, -0.05) is 34.8 Å². The summed E-state index contributed by atoms with van der Waals surface area (Å²) in [4.78, 5) is 30.6. The fourth-order valence-electron chi connectivity index (χ4n) is 3.92. The number of carbonyl (C=O) groups is 2. The molecule has 0 spiro atoms. The Morgan fingerprint density at radius 2 is 1.85 bits per heavy atom. The van der Waals surface area contributed by atoms with E-state index in [4.69, 9.17) is 34.8 Å². The predicted molar refractivity (Wildman–Crippen MR) is 152 cm³/mol. The zero-order valence-corrected chi connectivity index (χ0v) is 24.5. The summed E-state index contributed by atoms with van der Waals surface area (Å²) in [7, 11) is -0.393. The summed E-state index contributed by atoms with van der Waals surface area (Å²) in [6.45, 7) is 0.520. The van der Waals surface area contributed by atoms with Crippen LogP contribution in [0.5, 0.6) is 0 Å². The first-order valence-corrected chi connectivity index (χ1v) is 14.7. The zero-order valence-electron chi connectivity index (χ0n) is 21.5. The van der Waals surface area contributed by atoms with Crippen LogP contribution in [0.1, 0.15) is 27.0 Å². The lowest BCUT2D eigenvalue weighted by Gasteiger charge is -2.30. The number of carboxylic acids is 1. The van der Waals surface area contributed by atoms with Crippen molar-refractivity contribution in [3.63, 3.8) is 0 Å². The number of aliphatic carboxylic acids is 1. The SMILES string of the molecule is CN(C)NC(=NC[C@H](NCc1c(Cl)cc2c(c1Cl)CCN(C(=O)c1ccc(Cl)cc1)C2)C(=O)O)NS(C)(=O)=O. The Morgan fingerprint density at radius 3 is 2.44 bits per heavy atom. The number of nitrogens with one attached hydrogen (secondary N) is 3. The number of rotatable bonds is 9. The van der Waals surface area contributed by atoms with Crippen LogP contribution in [0.15, 0.2) is 35.3 Å². The van der Waals surface area contributed by atoms with Crippen molar-refractivity contribution in [2.24, 2.45) is 4.99 Å². The summed E-state index contributed by atoms with van der Waals surface area (Å²) in [5.74, 6) is -1.45. The van der Waals surface area contributed by atoms with Gasteiger partial charge in [0, 0.05) is 54.9 Å². The molecule has 1 heterocycles. The highest BCUT2D eigenvalue weighted by molar-refractivity contribution is 7.89. The highest BCUT2D eigenvalue weighted by Gasteiger charge is 2.26. The van der Waals surface area contributed by atoms with Crippen molar-refractivity contribution in [3.8, 4) is 0 Å². The molecule has 0 radical (unpaired) electrons. The van der Waals surface area contributed by atoms with Crippen molar-refractivity contribution in [1.29, 1.82) is 0 Å². The fourth-order valence-corrected chi connectivity index (χ4v) is 5.24. The van der Waals surface area contributed by atoms with Crippen LogP contribution in [-0.4, -0.2) is 80.8 Å². The molecule has 0 saturated heterocycles. The number of amides is 1. The van der Waals surface area contributed by atoms with Gasteiger partial charge in [-0.2, -0.15) is 0 Å². The molecule has 1 aliphatic rings. The van der Waals surface area contributed by atoms with E-state index in [2.05, 4.69) is 20.5 Å². The summed E-state index contributed by atoms with van der Waals surface area (Å²) in [5, 5.41) is 15.3. The van der Waals surface area contributed by atoms with Gasteiger partial charge in [-0.05, 0) is 47.9 Å². The minimum Gasteiger partial charge on any atom is -0.480 e. The number of hydrazine groups is 1. The fraction of sp³-hybridized carbons (Fsp3) is 0.375. The summed E-state index contributed by atoms with van der Waals surface area (Å²) in [6, 6.07) is 7.25. The number of nitrogens with zero attached hydrogens (tertiary/aromatic N) is 3. The van der Waals surface area contributed by atoms with E-state index >= 15 is 0 Å².